The minimum atomic E-state index is -4.77. The highest BCUT2D eigenvalue weighted by molar-refractivity contribution is 5.72. The van der Waals surface area contributed by atoms with Crippen molar-refractivity contribution in [1.82, 2.24) is 5.32 Å². The summed E-state index contributed by atoms with van der Waals surface area (Å²) in [5, 5.41) is 3.13. The summed E-state index contributed by atoms with van der Waals surface area (Å²) in [7, 11) is 0. The fourth-order valence-electron chi connectivity index (χ4n) is 2.17. The molecular formula is C14H16F3NO3. The predicted octanol–water partition coefficient (Wildman–Crippen LogP) is 2.63. The molecule has 1 aliphatic heterocycles. The fraction of sp³-hybridized carbons (Fsp3) is 0.500. The summed E-state index contributed by atoms with van der Waals surface area (Å²) < 4.78 is 45.8. The Kier molecular flexibility index (Phi) is 5.06. The highest BCUT2D eigenvalue weighted by Gasteiger charge is 2.32. The lowest BCUT2D eigenvalue weighted by molar-refractivity contribution is -0.275. The summed E-state index contributed by atoms with van der Waals surface area (Å²) in [6.45, 7) is 1.26. The summed E-state index contributed by atoms with van der Waals surface area (Å²) in [6.07, 6.45) is -3.41. The Labute approximate surface area is 120 Å². The number of halogens is 3. The second-order valence-electron chi connectivity index (χ2n) is 4.79. The molecule has 2 rings (SSSR count). The molecule has 0 saturated carbocycles. The maximum atomic E-state index is 12.3. The first-order chi connectivity index (χ1) is 9.96. The van der Waals surface area contributed by atoms with Gasteiger partial charge in [-0.1, -0.05) is 18.2 Å². The van der Waals surface area contributed by atoms with Gasteiger partial charge in [-0.2, -0.15) is 0 Å². The number of carbonyl (C=O) groups is 1. The van der Waals surface area contributed by atoms with Crippen LogP contribution in [0.25, 0.3) is 0 Å². The van der Waals surface area contributed by atoms with E-state index in [1.54, 1.807) is 6.07 Å². The van der Waals surface area contributed by atoms with Gasteiger partial charge >= 0.3 is 12.3 Å². The normalized spacial score (nSPS) is 16.5. The highest BCUT2D eigenvalue weighted by Crippen LogP contribution is 2.27. The van der Waals surface area contributed by atoms with Crippen LogP contribution in [-0.2, 0) is 16.1 Å². The van der Waals surface area contributed by atoms with Gasteiger partial charge in [0.2, 0.25) is 0 Å². The minimum Gasteiger partial charge on any atom is -0.460 e. The van der Waals surface area contributed by atoms with Crippen LogP contribution in [0.3, 0.4) is 0 Å². The monoisotopic (exact) mass is 303 g/mol. The average Bonchev–Trinajstić information content (AvgIpc) is 2.45. The second-order valence-corrected chi connectivity index (χ2v) is 4.79. The summed E-state index contributed by atoms with van der Waals surface area (Å²) in [5.74, 6) is -0.914. The van der Waals surface area contributed by atoms with Gasteiger partial charge in [-0.15, -0.1) is 13.2 Å². The number of carbonyl (C=O) groups excluding carboxylic acids is 1. The third kappa shape index (κ3) is 4.93. The zero-order valence-corrected chi connectivity index (χ0v) is 11.3. The molecule has 0 amide bonds. The first kappa shape index (κ1) is 15.6. The van der Waals surface area contributed by atoms with E-state index in [0.717, 1.165) is 13.1 Å². The van der Waals surface area contributed by atoms with Crippen LogP contribution in [0, 0.1) is 5.92 Å². The van der Waals surface area contributed by atoms with Crippen LogP contribution in [0.5, 0.6) is 5.75 Å². The van der Waals surface area contributed by atoms with Crippen molar-refractivity contribution in [3.63, 3.8) is 0 Å². The van der Waals surface area contributed by atoms with Crippen molar-refractivity contribution in [2.75, 3.05) is 13.1 Å². The average molecular weight is 303 g/mol. The largest absolute Gasteiger partial charge is 0.573 e. The quantitative estimate of drug-likeness (QED) is 0.869. The summed E-state index contributed by atoms with van der Waals surface area (Å²) >= 11 is 0. The number of benzene rings is 1. The number of piperidine rings is 1. The van der Waals surface area contributed by atoms with E-state index in [4.69, 9.17) is 4.74 Å². The molecular weight excluding hydrogens is 287 g/mol. The van der Waals surface area contributed by atoms with Gasteiger partial charge < -0.3 is 14.8 Å². The lowest BCUT2D eigenvalue weighted by Gasteiger charge is -2.21. The summed E-state index contributed by atoms with van der Waals surface area (Å²) in [5.41, 5.74) is 0.192. The Morgan fingerprint density at radius 2 is 1.90 bits per heavy atom. The Balaban J connectivity index is 1.94. The topological polar surface area (TPSA) is 47.6 Å². The molecule has 116 valence electrons. The van der Waals surface area contributed by atoms with E-state index in [9.17, 15) is 18.0 Å². The van der Waals surface area contributed by atoms with E-state index in [0.29, 0.717) is 12.8 Å². The molecule has 0 aliphatic carbocycles. The summed E-state index contributed by atoms with van der Waals surface area (Å²) in [4.78, 5) is 11.9. The molecule has 7 heteroatoms. The van der Waals surface area contributed by atoms with Gasteiger partial charge in [0.15, 0.2) is 0 Å². The number of nitrogens with one attached hydrogen (secondary N) is 1. The molecule has 0 bridgehead atoms. The van der Waals surface area contributed by atoms with Crippen LogP contribution in [-0.4, -0.2) is 25.4 Å². The Morgan fingerprint density at radius 1 is 1.24 bits per heavy atom. The first-order valence-electron chi connectivity index (χ1n) is 6.67. The SMILES string of the molecule is O=C(OCc1ccccc1OC(F)(F)F)C1CCNCC1. The van der Waals surface area contributed by atoms with E-state index in [1.807, 2.05) is 0 Å². The number of hydrogen-bond donors (Lipinski definition) is 1. The van der Waals surface area contributed by atoms with Crippen molar-refractivity contribution < 1.29 is 27.4 Å². The summed E-state index contributed by atoms with van der Waals surface area (Å²) in [6, 6.07) is 5.63. The lowest BCUT2D eigenvalue weighted by atomic mass is 9.98. The number of ether oxygens (including phenoxy) is 2. The number of esters is 1. The zero-order valence-electron chi connectivity index (χ0n) is 11.3. The standard InChI is InChI=1S/C14H16F3NO3/c15-14(16,17)21-12-4-2-1-3-11(12)9-20-13(19)10-5-7-18-8-6-10/h1-4,10,18H,5-9H2. The Bertz CT molecular complexity index is 485. The predicted molar refractivity (Wildman–Crippen MR) is 68.5 cm³/mol. The number of rotatable bonds is 4. The first-order valence-corrected chi connectivity index (χ1v) is 6.67. The van der Waals surface area contributed by atoms with Gasteiger partial charge in [0.1, 0.15) is 12.4 Å². The smallest absolute Gasteiger partial charge is 0.460 e. The zero-order chi connectivity index (χ0) is 15.3. The number of para-hydroxylation sites is 1. The molecule has 4 nitrogen and oxygen atoms in total. The molecule has 0 unspecified atom stereocenters. The number of alkyl halides is 3. The van der Waals surface area contributed by atoms with Crippen LogP contribution < -0.4 is 10.1 Å². The van der Waals surface area contributed by atoms with Crippen molar-refractivity contribution in [1.29, 1.82) is 0 Å². The van der Waals surface area contributed by atoms with Gasteiger partial charge in [-0.05, 0) is 32.0 Å². The Morgan fingerprint density at radius 3 is 2.57 bits per heavy atom. The van der Waals surface area contributed by atoms with Gasteiger partial charge in [0, 0.05) is 5.56 Å². The molecule has 0 radical (unpaired) electrons. The molecule has 0 atom stereocenters. The van der Waals surface area contributed by atoms with Crippen molar-refractivity contribution in [3.8, 4) is 5.75 Å². The molecule has 1 aromatic rings. The van der Waals surface area contributed by atoms with Crippen LogP contribution >= 0.6 is 0 Å². The van der Waals surface area contributed by atoms with Crippen molar-refractivity contribution >= 4 is 5.97 Å². The van der Waals surface area contributed by atoms with E-state index in [-0.39, 0.29) is 29.8 Å². The van der Waals surface area contributed by atoms with Gasteiger partial charge in [-0.3, -0.25) is 4.79 Å². The van der Waals surface area contributed by atoms with Gasteiger partial charge in [0.05, 0.1) is 5.92 Å². The lowest BCUT2D eigenvalue weighted by Crippen LogP contribution is -2.32. The molecule has 1 N–H and O–H groups in total. The van der Waals surface area contributed by atoms with Crippen LogP contribution in [0.2, 0.25) is 0 Å². The van der Waals surface area contributed by atoms with Crippen LogP contribution in [0.4, 0.5) is 13.2 Å². The van der Waals surface area contributed by atoms with Gasteiger partial charge in [-0.25, -0.2) is 0 Å². The van der Waals surface area contributed by atoms with Crippen LogP contribution in [0.15, 0.2) is 24.3 Å². The molecule has 0 aromatic heterocycles. The molecule has 1 aliphatic rings. The maximum Gasteiger partial charge on any atom is 0.573 e. The minimum absolute atomic E-state index is 0.192. The van der Waals surface area contributed by atoms with Crippen molar-refractivity contribution in [3.05, 3.63) is 29.8 Å². The van der Waals surface area contributed by atoms with Gasteiger partial charge in [0.25, 0.3) is 0 Å². The second kappa shape index (κ2) is 6.80. The van der Waals surface area contributed by atoms with E-state index in [1.165, 1.54) is 18.2 Å². The molecule has 1 saturated heterocycles. The molecule has 21 heavy (non-hydrogen) atoms. The van der Waals surface area contributed by atoms with Crippen molar-refractivity contribution in [2.24, 2.45) is 5.92 Å². The molecule has 1 fully saturated rings. The maximum absolute atomic E-state index is 12.3. The molecule has 0 spiro atoms. The van der Waals surface area contributed by atoms with Crippen LogP contribution in [0.1, 0.15) is 18.4 Å². The molecule has 1 aromatic carbocycles. The number of hydrogen-bond acceptors (Lipinski definition) is 4. The van der Waals surface area contributed by atoms with E-state index < -0.39 is 6.36 Å². The Hall–Kier alpha value is -1.76. The molecule has 1 heterocycles. The highest BCUT2D eigenvalue weighted by atomic mass is 19.4. The van der Waals surface area contributed by atoms with E-state index >= 15 is 0 Å². The van der Waals surface area contributed by atoms with Crippen molar-refractivity contribution in [2.45, 2.75) is 25.8 Å². The van der Waals surface area contributed by atoms with E-state index in [2.05, 4.69) is 10.1 Å². The third-order valence-electron chi connectivity index (χ3n) is 3.24. The fourth-order valence-corrected chi connectivity index (χ4v) is 2.17. The third-order valence-corrected chi connectivity index (χ3v) is 3.24.